The molecule has 0 rings (SSSR count). The highest BCUT2D eigenvalue weighted by atomic mass is 16.6. The van der Waals surface area contributed by atoms with E-state index >= 15 is 0 Å². The second kappa shape index (κ2) is 8.43. The van der Waals surface area contributed by atoms with E-state index < -0.39 is 18.2 Å². The van der Waals surface area contributed by atoms with Crippen molar-refractivity contribution in [2.24, 2.45) is 0 Å². The minimum Gasteiger partial charge on any atom is -0.481 e. The number of aliphatic hydroxyl groups excluding tert-OH is 1. The van der Waals surface area contributed by atoms with E-state index in [1.54, 1.807) is 0 Å². The van der Waals surface area contributed by atoms with Crippen molar-refractivity contribution in [1.29, 1.82) is 0 Å². The van der Waals surface area contributed by atoms with Crippen molar-refractivity contribution in [2.45, 2.75) is 12.2 Å². The molecule has 7 nitrogen and oxygen atoms in total. The molecule has 3 N–H and O–H groups in total. The van der Waals surface area contributed by atoms with E-state index in [0.29, 0.717) is 0 Å². The first-order chi connectivity index (χ1) is 7.54. The van der Waals surface area contributed by atoms with Crippen molar-refractivity contribution >= 4 is 5.97 Å². The van der Waals surface area contributed by atoms with Crippen LogP contribution in [-0.4, -0.2) is 67.2 Å². The topological polar surface area (TPSA) is 105 Å². The van der Waals surface area contributed by atoms with E-state index in [2.05, 4.69) is 4.74 Å². The zero-order chi connectivity index (χ0) is 12.4. The number of carbonyl (C=O) groups is 1. The number of hydrogen-bond acceptors (Lipinski definition) is 6. The van der Waals surface area contributed by atoms with Gasteiger partial charge in [0, 0.05) is 7.11 Å². The van der Waals surface area contributed by atoms with Crippen LogP contribution in [0.25, 0.3) is 0 Å². The highest BCUT2D eigenvalue weighted by Gasteiger charge is 2.30. The summed E-state index contributed by atoms with van der Waals surface area (Å²) < 4.78 is 14.5. The number of aliphatic carboxylic acids is 1. The van der Waals surface area contributed by atoms with Gasteiger partial charge in [-0.15, -0.1) is 0 Å². The first-order valence-corrected chi connectivity index (χ1v) is 4.80. The molecule has 7 heteroatoms. The van der Waals surface area contributed by atoms with Crippen LogP contribution in [-0.2, 0) is 19.0 Å². The van der Waals surface area contributed by atoms with Gasteiger partial charge in [-0.1, -0.05) is 0 Å². The van der Waals surface area contributed by atoms with Crippen LogP contribution < -0.4 is 0 Å². The van der Waals surface area contributed by atoms with Crippen LogP contribution >= 0.6 is 0 Å². The second-order valence-electron chi connectivity index (χ2n) is 3.11. The van der Waals surface area contributed by atoms with Gasteiger partial charge in [-0.05, 0) is 0 Å². The Morgan fingerprint density at radius 3 is 2.38 bits per heavy atom. The lowest BCUT2D eigenvalue weighted by molar-refractivity contribution is -0.225. The maximum Gasteiger partial charge on any atom is 0.308 e. The average Bonchev–Trinajstić information content (AvgIpc) is 2.22. The highest BCUT2D eigenvalue weighted by molar-refractivity contribution is 5.67. The summed E-state index contributed by atoms with van der Waals surface area (Å²) in [6, 6.07) is 0. The Labute approximate surface area is 93.5 Å². The van der Waals surface area contributed by atoms with Gasteiger partial charge in [-0.3, -0.25) is 4.79 Å². The van der Waals surface area contributed by atoms with E-state index in [-0.39, 0.29) is 33.0 Å². The Kier molecular flexibility index (Phi) is 8.04. The molecular weight excluding hydrogens is 220 g/mol. The summed E-state index contributed by atoms with van der Waals surface area (Å²) in [7, 11) is 1.20. The standard InChI is InChI=1S/C9H18O7/c1-14-9(13,6-8(11)12)7-16-5-4-15-3-2-10/h10,13H,2-7H2,1H3,(H,11,12). The summed E-state index contributed by atoms with van der Waals surface area (Å²) in [5.41, 5.74) is 0. The van der Waals surface area contributed by atoms with Crippen LogP contribution in [0.2, 0.25) is 0 Å². The van der Waals surface area contributed by atoms with Crippen LogP contribution in [0, 0.1) is 0 Å². The quantitative estimate of drug-likeness (QED) is 0.325. The van der Waals surface area contributed by atoms with Gasteiger partial charge >= 0.3 is 5.97 Å². The Balaban J connectivity index is 3.65. The largest absolute Gasteiger partial charge is 0.481 e. The molecule has 1 atom stereocenters. The molecule has 0 radical (unpaired) electrons. The molecule has 0 aromatic rings. The average molecular weight is 238 g/mol. The molecule has 0 saturated carbocycles. The highest BCUT2D eigenvalue weighted by Crippen LogP contribution is 2.11. The second-order valence-corrected chi connectivity index (χ2v) is 3.11. The predicted octanol–water partition coefficient (Wildman–Crippen LogP) is -1.18. The normalized spacial score (nSPS) is 14.7. The van der Waals surface area contributed by atoms with Gasteiger partial charge in [0.25, 0.3) is 0 Å². The fourth-order valence-corrected chi connectivity index (χ4v) is 0.935. The number of aliphatic hydroxyl groups is 2. The van der Waals surface area contributed by atoms with E-state index in [1.807, 2.05) is 0 Å². The van der Waals surface area contributed by atoms with E-state index in [0.717, 1.165) is 0 Å². The van der Waals surface area contributed by atoms with Gasteiger partial charge in [0.1, 0.15) is 13.0 Å². The molecule has 0 aliphatic carbocycles. The molecule has 0 aromatic carbocycles. The molecular formula is C9H18O7. The molecule has 16 heavy (non-hydrogen) atoms. The smallest absolute Gasteiger partial charge is 0.308 e. The number of carboxylic acid groups (broad SMARTS) is 1. The predicted molar refractivity (Wildman–Crippen MR) is 52.9 cm³/mol. The lowest BCUT2D eigenvalue weighted by Crippen LogP contribution is -2.39. The SMILES string of the molecule is COC(O)(COCCOCCO)CC(=O)O. The summed E-state index contributed by atoms with van der Waals surface area (Å²) in [5, 5.41) is 26.5. The van der Waals surface area contributed by atoms with Crippen LogP contribution in [0.5, 0.6) is 0 Å². The molecule has 0 fully saturated rings. The van der Waals surface area contributed by atoms with Crippen LogP contribution in [0.1, 0.15) is 6.42 Å². The number of carboxylic acids is 1. The van der Waals surface area contributed by atoms with Gasteiger partial charge in [-0.2, -0.15) is 0 Å². The Morgan fingerprint density at radius 2 is 1.88 bits per heavy atom. The van der Waals surface area contributed by atoms with Crippen molar-refractivity contribution in [1.82, 2.24) is 0 Å². The molecule has 0 heterocycles. The summed E-state index contributed by atoms with van der Waals surface area (Å²) in [4.78, 5) is 10.4. The maximum absolute atomic E-state index is 10.4. The van der Waals surface area contributed by atoms with Crippen molar-refractivity contribution in [2.75, 3.05) is 40.1 Å². The molecule has 0 aliphatic heterocycles. The molecule has 0 aliphatic rings. The number of rotatable bonds is 10. The van der Waals surface area contributed by atoms with E-state index in [1.165, 1.54) is 7.11 Å². The molecule has 0 aromatic heterocycles. The summed E-state index contributed by atoms with van der Waals surface area (Å²) >= 11 is 0. The molecule has 0 amide bonds. The van der Waals surface area contributed by atoms with Gasteiger partial charge < -0.3 is 29.5 Å². The molecule has 96 valence electrons. The van der Waals surface area contributed by atoms with Gasteiger partial charge in [0.05, 0.1) is 26.4 Å². The third-order valence-corrected chi connectivity index (χ3v) is 1.74. The minimum absolute atomic E-state index is 0.0684. The number of methoxy groups -OCH3 is 1. The maximum atomic E-state index is 10.4. The van der Waals surface area contributed by atoms with Crippen molar-refractivity contribution < 1.29 is 34.3 Å². The van der Waals surface area contributed by atoms with Gasteiger partial charge in [0.2, 0.25) is 0 Å². The van der Waals surface area contributed by atoms with Crippen LogP contribution in [0.4, 0.5) is 0 Å². The zero-order valence-electron chi connectivity index (χ0n) is 9.22. The number of hydrogen-bond donors (Lipinski definition) is 3. The molecule has 0 saturated heterocycles. The third-order valence-electron chi connectivity index (χ3n) is 1.74. The van der Waals surface area contributed by atoms with Crippen LogP contribution in [0.3, 0.4) is 0 Å². The first-order valence-electron chi connectivity index (χ1n) is 4.80. The van der Waals surface area contributed by atoms with Gasteiger partial charge in [-0.25, -0.2) is 0 Å². The molecule has 0 bridgehead atoms. The molecule has 1 unspecified atom stereocenters. The number of ether oxygens (including phenoxy) is 3. The Hall–Kier alpha value is -0.730. The van der Waals surface area contributed by atoms with Crippen LogP contribution in [0.15, 0.2) is 0 Å². The lowest BCUT2D eigenvalue weighted by atomic mass is 10.2. The van der Waals surface area contributed by atoms with E-state index in [4.69, 9.17) is 19.7 Å². The summed E-state index contributed by atoms with van der Waals surface area (Å²) in [6.45, 7) is 0.338. The zero-order valence-corrected chi connectivity index (χ0v) is 9.22. The lowest BCUT2D eigenvalue weighted by Gasteiger charge is -2.24. The minimum atomic E-state index is -1.82. The first kappa shape index (κ1) is 15.3. The summed E-state index contributed by atoms with van der Waals surface area (Å²) in [5.74, 6) is -2.99. The van der Waals surface area contributed by atoms with Crippen molar-refractivity contribution in [3.63, 3.8) is 0 Å². The fraction of sp³-hybridized carbons (Fsp3) is 0.889. The monoisotopic (exact) mass is 238 g/mol. The Morgan fingerprint density at radius 1 is 1.25 bits per heavy atom. The molecule has 0 spiro atoms. The Bertz CT molecular complexity index is 196. The van der Waals surface area contributed by atoms with Gasteiger partial charge in [0.15, 0.2) is 5.79 Å². The van der Waals surface area contributed by atoms with E-state index in [9.17, 15) is 9.90 Å². The summed E-state index contributed by atoms with van der Waals surface area (Å²) in [6.07, 6.45) is -0.555. The van der Waals surface area contributed by atoms with Crippen molar-refractivity contribution in [3.05, 3.63) is 0 Å². The van der Waals surface area contributed by atoms with Crippen molar-refractivity contribution in [3.8, 4) is 0 Å². The fourth-order valence-electron chi connectivity index (χ4n) is 0.935. The third kappa shape index (κ3) is 7.55.